The van der Waals surface area contributed by atoms with E-state index in [4.69, 9.17) is 9.15 Å². The number of methoxy groups -OCH3 is 1. The Hall–Kier alpha value is -1.97. The minimum atomic E-state index is 0.525. The molecule has 1 aromatic heterocycles. The van der Waals surface area contributed by atoms with Crippen molar-refractivity contribution in [2.75, 3.05) is 19.5 Å². The van der Waals surface area contributed by atoms with Crippen LogP contribution in [0.1, 0.15) is 16.7 Å². The predicted molar refractivity (Wildman–Crippen MR) is 72.2 cm³/mol. The molecule has 1 N–H and O–H groups in total. The van der Waals surface area contributed by atoms with Gasteiger partial charge in [0.1, 0.15) is 17.7 Å². The summed E-state index contributed by atoms with van der Waals surface area (Å²) < 4.78 is 10.7. The summed E-state index contributed by atoms with van der Waals surface area (Å²) >= 11 is 0. The number of nitrogens with zero attached hydrogens (tertiary/aromatic N) is 1. The Balaban J connectivity index is 2.60. The molecule has 0 aliphatic heterocycles. The molecule has 2 rings (SSSR count). The fourth-order valence-corrected chi connectivity index (χ4v) is 2.15. The van der Waals surface area contributed by atoms with Crippen molar-refractivity contribution in [3.05, 3.63) is 29.0 Å². The number of oxazole rings is 1. The van der Waals surface area contributed by atoms with E-state index >= 15 is 0 Å². The number of aromatic nitrogens is 1. The summed E-state index contributed by atoms with van der Waals surface area (Å²) in [6.07, 6.45) is 1.67. The first-order chi connectivity index (χ1) is 8.58. The molecule has 0 unspecified atom stereocenters. The van der Waals surface area contributed by atoms with E-state index in [1.807, 2.05) is 6.07 Å². The third-order valence-corrected chi connectivity index (χ3v) is 3.24. The maximum absolute atomic E-state index is 5.37. The fourth-order valence-electron chi connectivity index (χ4n) is 2.15. The van der Waals surface area contributed by atoms with Gasteiger partial charge in [-0.25, -0.2) is 0 Å². The molecule has 0 saturated carbocycles. The maximum Gasteiger partial charge on any atom is 0.294 e. The topological polar surface area (TPSA) is 47.3 Å². The highest BCUT2D eigenvalue weighted by Gasteiger charge is 2.15. The van der Waals surface area contributed by atoms with Crippen LogP contribution >= 0.6 is 0 Å². The van der Waals surface area contributed by atoms with Crippen LogP contribution in [0.15, 0.2) is 16.7 Å². The van der Waals surface area contributed by atoms with Gasteiger partial charge < -0.3 is 14.5 Å². The normalized spacial score (nSPS) is 10.5. The van der Waals surface area contributed by atoms with Crippen molar-refractivity contribution in [1.29, 1.82) is 0 Å². The van der Waals surface area contributed by atoms with Crippen LogP contribution in [0.2, 0.25) is 0 Å². The Morgan fingerprint density at radius 1 is 1.22 bits per heavy atom. The predicted octanol–water partition coefficient (Wildman–Crippen LogP) is 3.32. The number of hydrogen-bond donors (Lipinski definition) is 1. The lowest BCUT2D eigenvalue weighted by Crippen LogP contribution is -1.97. The second-order valence-electron chi connectivity index (χ2n) is 4.31. The summed E-state index contributed by atoms with van der Waals surface area (Å²) in [5.41, 5.74) is 5.39. The summed E-state index contributed by atoms with van der Waals surface area (Å²) in [6.45, 7) is 6.18. The minimum Gasteiger partial charge on any atom is -0.496 e. The van der Waals surface area contributed by atoms with Crippen LogP contribution in [0.4, 0.5) is 6.01 Å². The van der Waals surface area contributed by atoms with Gasteiger partial charge in [-0.3, -0.25) is 0 Å². The number of hydrogen-bond acceptors (Lipinski definition) is 4. The summed E-state index contributed by atoms with van der Waals surface area (Å²) in [6, 6.07) is 2.56. The van der Waals surface area contributed by atoms with E-state index in [1.54, 1.807) is 20.4 Å². The first-order valence-corrected chi connectivity index (χ1v) is 5.87. The van der Waals surface area contributed by atoms with Crippen LogP contribution in [0.25, 0.3) is 11.3 Å². The summed E-state index contributed by atoms with van der Waals surface area (Å²) in [7, 11) is 3.48. The van der Waals surface area contributed by atoms with Crippen LogP contribution in [0.3, 0.4) is 0 Å². The largest absolute Gasteiger partial charge is 0.496 e. The smallest absolute Gasteiger partial charge is 0.294 e. The van der Waals surface area contributed by atoms with E-state index < -0.39 is 0 Å². The van der Waals surface area contributed by atoms with Gasteiger partial charge in [-0.05, 0) is 43.5 Å². The molecule has 4 nitrogen and oxygen atoms in total. The van der Waals surface area contributed by atoms with Crippen molar-refractivity contribution in [2.24, 2.45) is 0 Å². The SMILES string of the molecule is CNc1nc(-c2c(C)cc(OC)c(C)c2C)co1. The van der Waals surface area contributed by atoms with Gasteiger partial charge in [0, 0.05) is 12.6 Å². The number of anilines is 1. The first kappa shape index (κ1) is 12.5. The quantitative estimate of drug-likeness (QED) is 0.902. The number of aryl methyl sites for hydroxylation is 1. The Labute approximate surface area is 107 Å². The fraction of sp³-hybridized carbons (Fsp3) is 0.357. The molecule has 0 atom stereocenters. The Morgan fingerprint density at radius 3 is 2.50 bits per heavy atom. The molecule has 4 heteroatoms. The molecule has 0 aliphatic rings. The number of benzene rings is 1. The number of rotatable bonds is 3. The third kappa shape index (κ3) is 1.94. The van der Waals surface area contributed by atoms with E-state index in [0.717, 1.165) is 28.1 Å². The average Bonchev–Trinajstić information content (AvgIpc) is 2.82. The van der Waals surface area contributed by atoms with E-state index in [1.165, 1.54) is 5.56 Å². The molecule has 1 heterocycles. The summed E-state index contributed by atoms with van der Waals surface area (Å²) in [5, 5.41) is 2.89. The van der Waals surface area contributed by atoms with Gasteiger partial charge in [-0.2, -0.15) is 4.98 Å². The molecule has 0 spiro atoms. The Bertz CT molecular complexity index is 573. The van der Waals surface area contributed by atoms with Gasteiger partial charge >= 0.3 is 0 Å². The van der Waals surface area contributed by atoms with Gasteiger partial charge in [-0.1, -0.05) is 0 Å². The molecular weight excluding hydrogens is 228 g/mol. The zero-order valence-electron chi connectivity index (χ0n) is 11.4. The lowest BCUT2D eigenvalue weighted by Gasteiger charge is -2.14. The summed E-state index contributed by atoms with van der Waals surface area (Å²) in [4.78, 5) is 4.40. The minimum absolute atomic E-state index is 0.525. The van der Waals surface area contributed by atoms with Crippen LogP contribution < -0.4 is 10.1 Å². The Morgan fingerprint density at radius 2 is 1.94 bits per heavy atom. The van der Waals surface area contributed by atoms with Crippen molar-refractivity contribution in [2.45, 2.75) is 20.8 Å². The third-order valence-electron chi connectivity index (χ3n) is 3.24. The molecular formula is C14H18N2O2. The zero-order chi connectivity index (χ0) is 13.3. The van der Waals surface area contributed by atoms with Gasteiger partial charge in [0.2, 0.25) is 0 Å². The van der Waals surface area contributed by atoms with E-state index in [-0.39, 0.29) is 0 Å². The monoisotopic (exact) mass is 246 g/mol. The molecule has 0 radical (unpaired) electrons. The molecule has 0 saturated heterocycles. The highest BCUT2D eigenvalue weighted by molar-refractivity contribution is 5.71. The van der Waals surface area contributed by atoms with Crippen LogP contribution in [-0.4, -0.2) is 19.1 Å². The van der Waals surface area contributed by atoms with Gasteiger partial charge in [-0.15, -0.1) is 0 Å². The van der Waals surface area contributed by atoms with Crippen LogP contribution in [-0.2, 0) is 0 Å². The first-order valence-electron chi connectivity index (χ1n) is 5.87. The molecule has 0 fully saturated rings. The van der Waals surface area contributed by atoms with Crippen molar-refractivity contribution >= 4 is 6.01 Å². The van der Waals surface area contributed by atoms with Gasteiger partial charge in [0.15, 0.2) is 0 Å². The molecule has 1 aromatic carbocycles. The molecule has 0 aliphatic carbocycles. The van der Waals surface area contributed by atoms with Crippen molar-refractivity contribution < 1.29 is 9.15 Å². The lowest BCUT2D eigenvalue weighted by atomic mass is 9.95. The van der Waals surface area contributed by atoms with Gasteiger partial charge in [0.05, 0.1) is 7.11 Å². The molecule has 0 amide bonds. The maximum atomic E-state index is 5.37. The molecule has 96 valence electrons. The molecule has 0 bridgehead atoms. The standard InChI is InChI=1S/C14H18N2O2/c1-8-6-12(17-5)9(2)10(3)13(8)11-7-18-14(15-4)16-11/h6-7H,1-5H3,(H,15,16). The van der Waals surface area contributed by atoms with E-state index in [2.05, 4.69) is 31.1 Å². The summed E-state index contributed by atoms with van der Waals surface area (Å²) in [5.74, 6) is 0.908. The number of nitrogens with one attached hydrogen (secondary N) is 1. The van der Waals surface area contributed by atoms with Crippen molar-refractivity contribution in [3.63, 3.8) is 0 Å². The second-order valence-corrected chi connectivity index (χ2v) is 4.31. The van der Waals surface area contributed by atoms with Crippen LogP contribution in [0.5, 0.6) is 5.75 Å². The highest BCUT2D eigenvalue weighted by atomic mass is 16.5. The van der Waals surface area contributed by atoms with Crippen LogP contribution in [0, 0.1) is 20.8 Å². The van der Waals surface area contributed by atoms with Crippen molar-refractivity contribution in [1.82, 2.24) is 4.98 Å². The van der Waals surface area contributed by atoms with Crippen molar-refractivity contribution in [3.8, 4) is 17.0 Å². The van der Waals surface area contributed by atoms with E-state index in [0.29, 0.717) is 6.01 Å². The average molecular weight is 246 g/mol. The second kappa shape index (κ2) is 4.72. The van der Waals surface area contributed by atoms with Gasteiger partial charge in [0.25, 0.3) is 6.01 Å². The number of ether oxygens (including phenoxy) is 1. The lowest BCUT2D eigenvalue weighted by molar-refractivity contribution is 0.411. The molecule has 18 heavy (non-hydrogen) atoms. The zero-order valence-corrected chi connectivity index (χ0v) is 11.4. The Kier molecular flexibility index (Phi) is 3.28. The molecule has 2 aromatic rings. The van der Waals surface area contributed by atoms with E-state index in [9.17, 15) is 0 Å². The highest BCUT2D eigenvalue weighted by Crippen LogP contribution is 2.34.